The van der Waals surface area contributed by atoms with E-state index in [1.807, 2.05) is 24.3 Å². The van der Waals surface area contributed by atoms with Crippen molar-refractivity contribution in [3.63, 3.8) is 0 Å². The number of fused-ring (bicyclic) bond motifs is 2. The lowest BCUT2D eigenvalue weighted by Crippen LogP contribution is -2.06. The molecule has 0 aliphatic heterocycles. The number of hydrogen-bond donors (Lipinski definition) is 0. The molecule has 3 nitrogen and oxygen atoms in total. The summed E-state index contributed by atoms with van der Waals surface area (Å²) in [7, 11) is 3.31. The fraction of sp³-hybridized carbons (Fsp3) is 0.261. The molecule has 0 N–H and O–H groups in total. The lowest BCUT2D eigenvalue weighted by molar-refractivity contribution is -0.108. The molecule has 2 aliphatic rings. The average molecular weight is 346 g/mol. The molecule has 26 heavy (non-hydrogen) atoms. The van der Waals surface area contributed by atoms with Crippen molar-refractivity contribution in [3.8, 4) is 11.5 Å². The van der Waals surface area contributed by atoms with Gasteiger partial charge in [-0.25, -0.2) is 0 Å². The van der Waals surface area contributed by atoms with Gasteiger partial charge in [-0.05, 0) is 73.2 Å². The monoisotopic (exact) mass is 346 g/mol. The van der Waals surface area contributed by atoms with Crippen LogP contribution in [0.15, 0.2) is 47.5 Å². The van der Waals surface area contributed by atoms with E-state index in [2.05, 4.69) is 26.0 Å². The van der Waals surface area contributed by atoms with Crippen LogP contribution < -0.4 is 9.47 Å². The van der Waals surface area contributed by atoms with Crippen LogP contribution >= 0.6 is 0 Å². The van der Waals surface area contributed by atoms with Crippen LogP contribution in [0.1, 0.15) is 36.1 Å². The molecular formula is C23H22O3. The molecule has 0 unspecified atom stereocenters. The fourth-order valence-corrected chi connectivity index (χ4v) is 4.10. The summed E-state index contributed by atoms with van der Waals surface area (Å²) in [5, 5.41) is 0. The minimum atomic E-state index is 0.110. The van der Waals surface area contributed by atoms with E-state index in [1.165, 1.54) is 11.1 Å². The zero-order valence-electron chi connectivity index (χ0n) is 15.6. The second-order valence-electron chi connectivity index (χ2n) is 7.04. The van der Waals surface area contributed by atoms with E-state index in [1.54, 1.807) is 14.2 Å². The van der Waals surface area contributed by atoms with Gasteiger partial charge in [-0.1, -0.05) is 23.3 Å². The van der Waals surface area contributed by atoms with Gasteiger partial charge in [-0.2, -0.15) is 0 Å². The van der Waals surface area contributed by atoms with Crippen LogP contribution in [0.25, 0.3) is 11.1 Å². The second-order valence-corrected chi connectivity index (χ2v) is 7.04. The number of ether oxygens (including phenoxy) is 2. The molecule has 0 spiro atoms. The molecule has 2 aromatic carbocycles. The van der Waals surface area contributed by atoms with Gasteiger partial charge in [0, 0.05) is 11.1 Å². The second kappa shape index (κ2) is 6.17. The lowest BCUT2D eigenvalue weighted by Gasteiger charge is -2.12. The molecule has 0 amide bonds. The summed E-state index contributed by atoms with van der Waals surface area (Å²) in [4.78, 5) is 13.6. The van der Waals surface area contributed by atoms with Crippen LogP contribution in [0.4, 0.5) is 0 Å². The maximum Gasteiger partial charge on any atom is 0.194 e. The molecule has 3 heteroatoms. The number of allylic oxidation sites excluding steroid dienone is 4. The van der Waals surface area contributed by atoms with Gasteiger partial charge in [0.05, 0.1) is 14.2 Å². The Morgan fingerprint density at radius 2 is 1.19 bits per heavy atom. The number of rotatable bonds is 4. The Labute approximate surface area is 154 Å². The Morgan fingerprint density at radius 1 is 0.769 bits per heavy atom. The van der Waals surface area contributed by atoms with E-state index < -0.39 is 0 Å². The first-order valence-corrected chi connectivity index (χ1v) is 8.82. The molecule has 132 valence electrons. The summed E-state index contributed by atoms with van der Waals surface area (Å²) < 4.78 is 10.7. The lowest BCUT2D eigenvalue weighted by atomic mass is 9.92. The van der Waals surface area contributed by atoms with Crippen LogP contribution in [0.3, 0.4) is 0 Å². The molecule has 0 radical (unpaired) electrons. The van der Waals surface area contributed by atoms with Crippen molar-refractivity contribution in [2.45, 2.75) is 26.7 Å². The predicted octanol–water partition coefficient (Wildman–Crippen LogP) is 4.63. The van der Waals surface area contributed by atoms with E-state index in [9.17, 15) is 4.79 Å². The first-order chi connectivity index (χ1) is 12.5. The van der Waals surface area contributed by atoms with Crippen molar-refractivity contribution < 1.29 is 14.3 Å². The Hall–Kier alpha value is -2.81. The molecule has 0 saturated heterocycles. The summed E-state index contributed by atoms with van der Waals surface area (Å²) in [6, 6.07) is 12.0. The minimum Gasteiger partial charge on any atom is -0.497 e. The number of ketones is 1. The van der Waals surface area contributed by atoms with Crippen molar-refractivity contribution in [3.05, 3.63) is 69.8 Å². The minimum absolute atomic E-state index is 0.110. The molecule has 0 aromatic heterocycles. The van der Waals surface area contributed by atoms with Gasteiger partial charge in [0.25, 0.3) is 0 Å². The highest BCUT2D eigenvalue weighted by Gasteiger charge is 2.32. The standard InChI is InChI=1S/C23H22O3/c1-13-9-15-5-7-17(25-3)11-19(15)21(13)23(24)22-14(2)10-16-6-8-18(26-4)12-20(16)22/h5-8,11-12H,9-10H2,1-4H3. The summed E-state index contributed by atoms with van der Waals surface area (Å²) in [6.07, 6.45) is 1.63. The van der Waals surface area contributed by atoms with Crippen molar-refractivity contribution in [1.29, 1.82) is 0 Å². The predicted molar refractivity (Wildman–Crippen MR) is 104 cm³/mol. The molecule has 0 bridgehead atoms. The van der Waals surface area contributed by atoms with Gasteiger partial charge in [-0.15, -0.1) is 0 Å². The largest absolute Gasteiger partial charge is 0.497 e. The number of carbonyl (C=O) groups is 1. The molecule has 0 saturated carbocycles. The van der Waals surface area contributed by atoms with Gasteiger partial charge in [-0.3, -0.25) is 4.79 Å². The zero-order valence-corrected chi connectivity index (χ0v) is 15.6. The van der Waals surface area contributed by atoms with Crippen LogP contribution in [-0.2, 0) is 17.6 Å². The topological polar surface area (TPSA) is 35.5 Å². The number of methoxy groups -OCH3 is 2. The molecule has 2 aromatic rings. The fourth-order valence-electron chi connectivity index (χ4n) is 4.10. The Balaban J connectivity index is 1.81. The Kier molecular flexibility index (Phi) is 3.95. The molecule has 0 heterocycles. The number of Topliss-reactive ketones (excluding diaryl/α,β-unsaturated/α-hetero) is 1. The van der Waals surface area contributed by atoms with E-state index in [0.29, 0.717) is 0 Å². The number of hydrogen-bond acceptors (Lipinski definition) is 3. The highest BCUT2D eigenvalue weighted by Crippen LogP contribution is 2.42. The highest BCUT2D eigenvalue weighted by molar-refractivity contribution is 6.44. The van der Waals surface area contributed by atoms with E-state index in [-0.39, 0.29) is 5.78 Å². The van der Waals surface area contributed by atoms with Crippen LogP contribution in [0.5, 0.6) is 11.5 Å². The zero-order chi connectivity index (χ0) is 18.4. The number of carbonyl (C=O) groups excluding carboxylic acids is 1. The first kappa shape index (κ1) is 16.6. The number of benzene rings is 2. The van der Waals surface area contributed by atoms with E-state index >= 15 is 0 Å². The average Bonchev–Trinajstić information content (AvgIpc) is 3.14. The normalized spacial score (nSPS) is 15.2. The van der Waals surface area contributed by atoms with Gasteiger partial charge in [0.15, 0.2) is 5.78 Å². The summed E-state index contributed by atoms with van der Waals surface area (Å²) >= 11 is 0. The smallest absolute Gasteiger partial charge is 0.194 e. The quantitative estimate of drug-likeness (QED) is 0.809. The third kappa shape index (κ3) is 2.47. The molecule has 4 rings (SSSR count). The van der Waals surface area contributed by atoms with Crippen molar-refractivity contribution in [1.82, 2.24) is 0 Å². The van der Waals surface area contributed by atoms with Gasteiger partial charge in [0.1, 0.15) is 11.5 Å². The van der Waals surface area contributed by atoms with E-state index in [0.717, 1.165) is 57.8 Å². The van der Waals surface area contributed by atoms with Gasteiger partial charge < -0.3 is 9.47 Å². The van der Waals surface area contributed by atoms with E-state index in [4.69, 9.17) is 9.47 Å². The SMILES string of the molecule is COc1ccc2c(c1)C(C(=O)C1=C(C)Cc3ccc(OC)cc31)=C(C)C2. The third-order valence-corrected chi connectivity index (χ3v) is 5.39. The Morgan fingerprint density at radius 3 is 1.58 bits per heavy atom. The summed E-state index contributed by atoms with van der Waals surface area (Å²) in [6.45, 7) is 4.11. The molecule has 2 aliphatic carbocycles. The first-order valence-electron chi connectivity index (χ1n) is 8.82. The van der Waals surface area contributed by atoms with Gasteiger partial charge in [0.2, 0.25) is 0 Å². The summed E-state index contributed by atoms with van der Waals surface area (Å²) in [5.41, 5.74) is 8.27. The van der Waals surface area contributed by atoms with Gasteiger partial charge >= 0.3 is 0 Å². The van der Waals surface area contributed by atoms with Crippen LogP contribution in [-0.4, -0.2) is 20.0 Å². The molecular weight excluding hydrogens is 324 g/mol. The summed E-state index contributed by atoms with van der Waals surface area (Å²) in [5.74, 6) is 1.67. The maximum absolute atomic E-state index is 13.6. The van der Waals surface area contributed by atoms with Crippen molar-refractivity contribution in [2.75, 3.05) is 14.2 Å². The third-order valence-electron chi connectivity index (χ3n) is 5.39. The van der Waals surface area contributed by atoms with Crippen molar-refractivity contribution >= 4 is 16.9 Å². The highest BCUT2D eigenvalue weighted by atomic mass is 16.5. The van der Waals surface area contributed by atoms with Crippen molar-refractivity contribution in [2.24, 2.45) is 0 Å². The molecule has 0 fully saturated rings. The van der Waals surface area contributed by atoms with Crippen LogP contribution in [0.2, 0.25) is 0 Å². The maximum atomic E-state index is 13.6. The molecule has 0 atom stereocenters. The Bertz CT molecular complexity index is 913. The van der Waals surface area contributed by atoms with Crippen LogP contribution in [0, 0.1) is 0 Å².